The van der Waals surface area contributed by atoms with Crippen molar-refractivity contribution in [2.75, 3.05) is 33.8 Å². The minimum Gasteiger partial charge on any atom is -0.492 e. The molecule has 0 bridgehead atoms. The molecule has 0 aromatic heterocycles. The molecule has 2 aromatic rings. The number of hydrogen-bond donors (Lipinski definition) is 1. The highest BCUT2D eigenvalue weighted by Crippen LogP contribution is 2.35. The molecule has 1 heterocycles. The van der Waals surface area contributed by atoms with Gasteiger partial charge in [0.2, 0.25) is 10.0 Å². The molecule has 31 heavy (non-hydrogen) atoms. The largest absolute Gasteiger partial charge is 0.492 e. The summed E-state index contributed by atoms with van der Waals surface area (Å²) in [7, 11) is -0.731. The average Bonchev–Trinajstić information content (AvgIpc) is 3.21. The summed E-state index contributed by atoms with van der Waals surface area (Å²) >= 11 is 6.16. The molecule has 168 valence electrons. The number of sulfonamides is 1. The molecule has 1 aliphatic rings. The number of nitrogens with zero attached hydrogens (tertiary/aromatic N) is 1. The van der Waals surface area contributed by atoms with Gasteiger partial charge in [-0.3, -0.25) is 4.79 Å². The number of carbonyl (C=O) groups is 1. The Morgan fingerprint density at radius 2 is 1.94 bits per heavy atom. The van der Waals surface area contributed by atoms with E-state index in [-0.39, 0.29) is 10.7 Å². The summed E-state index contributed by atoms with van der Waals surface area (Å²) < 4.78 is 32.0. The number of rotatable bonds is 11. The average molecular weight is 465 g/mol. The van der Waals surface area contributed by atoms with Crippen LogP contribution in [-0.2, 0) is 22.9 Å². The van der Waals surface area contributed by atoms with Crippen LogP contribution in [-0.4, -0.2) is 52.3 Å². The molecule has 0 spiro atoms. The van der Waals surface area contributed by atoms with E-state index in [0.717, 1.165) is 52.8 Å². The van der Waals surface area contributed by atoms with E-state index in [1.54, 1.807) is 6.07 Å². The number of ketones is 1. The van der Waals surface area contributed by atoms with Crippen molar-refractivity contribution in [1.29, 1.82) is 0 Å². The predicted molar refractivity (Wildman–Crippen MR) is 123 cm³/mol. The quantitative estimate of drug-likeness (QED) is 0.405. The SMILES string of the molecule is CN(C)S(=O)(=O)c1cc(C(=O)CCCCNCCc2ccccc2Cl)cc2c1OCC2. The molecule has 0 atom stereocenters. The molecule has 3 rings (SSSR count). The van der Waals surface area contributed by atoms with E-state index in [4.69, 9.17) is 16.3 Å². The van der Waals surface area contributed by atoms with E-state index in [0.29, 0.717) is 30.8 Å². The van der Waals surface area contributed by atoms with Crippen molar-refractivity contribution in [3.63, 3.8) is 0 Å². The lowest BCUT2D eigenvalue weighted by molar-refractivity contribution is 0.0979. The van der Waals surface area contributed by atoms with Gasteiger partial charge >= 0.3 is 0 Å². The van der Waals surface area contributed by atoms with Gasteiger partial charge in [0, 0.05) is 37.5 Å². The van der Waals surface area contributed by atoms with Crippen LogP contribution in [0.1, 0.15) is 40.7 Å². The van der Waals surface area contributed by atoms with Gasteiger partial charge in [0.15, 0.2) is 5.78 Å². The van der Waals surface area contributed by atoms with E-state index in [1.807, 2.05) is 24.3 Å². The summed E-state index contributed by atoms with van der Waals surface area (Å²) in [6, 6.07) is 11.1. The lowest BCUT2D eigenvalue weighted by atomic mass is 10.0. The normalized spacial score (nSPS) is 13.3. The number of unbranched alkanes of at least 4 members (excludes halogenated alkanes) is 1. The molecule has 0 unspecified atom stereocenters. The van der Waals surface area contributed by atoms with Gasteiger partial charge in [-0.15, -0.1) is 0 Å². The number of benzene rings is 2. The topological polar surface area (TPSA) is 75.7 Å². The van der Waals surface area contributed by atoms with E-state index < -0.39 is 10.0 Å². The molecule has 0 radical (unpaired) electrons. The second kappa shape index (κ2) is 10.6. The van der Waals surface area contributed by atoms with Gasteiger partial charge in [0.1, 0.15) is 10.6 Å². The Hall–Kier alpha value is -1.93. The Morgan fingerprint density at radius 1 is 1.16 bits per heavy atom. The van der Waals surface area contributed by atoms with Gasteiger partial charge < -0.3 is 10.1 Å². The first kappa shape index (κ1) is 23.7. The fraction of sp³-hybridized carbons (Fsp3) is 0.435. The molecule has 1 aliphatic heterocycles. The zero-order valence-corrected chi connectivity index (χ0v) is 19.6. The fourth-order valence-electron chi connectivity index (χ4n) is 3.55. The van der Waals surface area contributed by atoms with Crippen molar-refractivity contribution in [3.05, 3.63) is 58.1 Å². The number of hydrogen-bond acceptors (Lipinski definition) is 5. The fourth-order valence-corrected chi connectivity index (χ4v) is 4.87. The molecule has 0 aliphatic carbocycles. The maximum absolute atomic E-state index is 12.7. The molecule has 0 saturated heterocycles. The van der Waals surface area contributed by atoms with Gasteiger partial charge in [-0.2, -0.15) is 0 Å². The molecule has 2 aromatic carbocycles. The van der Waals surface area contributed by atoms with E-state index in [2.05, 4.69) is 5.32 Å². The Kier molecular flexibility index (Phi) is 8.11. The Bertz CT molecular complexity index is 1040. The highest BCUT2D eigenvalue weighted by Gasteiger charge is 2.29. The van der Waals surface area contributed by atoms with Crippen molar-refractivity contribution in [1.82, 2.24) is 9.62 Å². The summed E-state index contributed by atoms with van der Waals surface area (Å²) in [6.07, 6.45) is 3.46. The van der Waals surface area contributed by atoms with Crippen LogP contribution in [0.2, 0.25) is 5.02 Å². The number of nitrogens with one attached hydrogen (secondary N) is 1. The zero-order chi connectivity index (χ0) is 22.4. The van der Waals surface area contributed by atoms with Gasteiger partial charge in [-0.25, -0.2) is 12.7 Å². The third-order valence-electron chi connectivity index (χ3n) is 5.37. The van der Waals surface area contributed by atoms with Gasteiger partial charge in [0.05, 0.1) is 6.61 Å². The third kappa shape index (κ3) is 5.86. The molecule has 1 N–H and O–H groups in total. The Balaban J connectivity index is 1.50. The van der Waals surface area contributed by atoms with Gasteiger partial charge in [0.25, 0.3) is 0 Å². The second-order valence-corrected chi connectivity index (χ2v) is 10.3. The smallest absolute Gasteiger partial charge is 0.246 e. The van der Waals surface area contributed by atoms with Crippen molar-refractivity contribution < 1.29 is 17.9 Å². The van der Waals surface area contributed by atoms with Crippen LogP contribution in [0.4, 0.5) is 0 Å². The third-order valence-corrected chi connectivity index (χ3v) is 7.56. The monoisotopic (exact) mass is 464 g/mol. The van der Waals surface area contributed by atoms with Gasteiger partial charge in [-0.05, 0) is 61.7 Å². The zero-order valence-electron chi connectivity index (χ0n) is 18.0. The summed E-state index contributed by atoms with van der Waals surface area (Å²) in [4.78, 5) is 12.8. The Labute approximate surface area is 189 Å². The lowest BCUT2D eigenvalue weighted by Gasteiger charge is -2.15. The van der Waals surface area contributed by atoms with Crippen LogP contribution in [0.25, 0.3) is 0 Å². The molecule has 6 nitrogen and oxygen atoms in total. The molecular weight excluding hydrogens is 436 g/mol. The van der Waals surface area contributed by atoms with Crippen LogP contribution < -0.4 is 10.1 Å². The van der Waals surface area contributed by atoms with Gasteiger partial charge in [-0.1, -0.05) is 29.8 Å². The first-order chi connectivity index (χ1) is 14.8. The number of fused-ring (bicyclic) bond motifs is 1. The standard InChI is InChI=1S/C23H29ClN2O4S/c1-26(2)31(28,29)22-16-19(15-18-11-14-30-23(18)22)21(27)9-5-6-12-25-13-10-17-7-3-4-8-20(17)24/h3-4,7-8,15-16,25H,5-6,9-14H2,1-2H3. The van der Waals surface area contributed by atoms with Crippen molar-refractivity contribution in [2.24, 2.45) is 0 Å². The van der Waals surface area contributed by atoms with Crippen molar-refractivity contribution >= 4 is 27.4 Å². The van der Waals surface area contributed by atoms with Crippen molar-refractivity contribution in [3.8, 4) is 5.75 Å². The van der Waals surface area contributed by atoms with E-state index >= 15 is 0 Å². The highest BCUT2D eigenvalue weighted by molar-refractivity contribution is 7.89. The van der Waals surface area contributed by atoms with Crippen LogP contribution in [0, 0.1) is 0 Å². The first-order valence-electron chi connectivity index (χ1n) is 10.5. The summed E-state index contributed by atoms with van der Waals surface area (Å²) in [5, 5.41) is 4.16. The number of carbonyl (C=O) groups excluding carboxylic acids is 1. The van der Waals surface area contributed by atoms with Crippen molar-refractivity contribution in [2.45, 2.75) is 37.0 Å². The van der Waals surface area contributed by atoms with E-state index in [1.165, 1.54) is 20.2 Å². The minimum atomic E-state index is -3.68. The number of ether oxygens (including phenoxy) is 1. The minimum absolute atomic E-state index is 0.0408. The highest BCUT2D eigenvalue weighted by atomic mass is 35.5. The molecule has 8 heteroatoms. The molecular formula is C23H29ClN2O4S. The van der Waals surface area contributed by atoms with Crippen LogP contribution >= 0.6 is 11.6 Å². The lowest BCUT2D eigenvalue weighted by Crippen LogP contribution is -2.23. The van der Waals surface area contributed by atoms with E-state index in [9.17, 15) is 13.2 Å². The molecule has 0 saturated carbocycles. The predicted octanol–water partition coefficient (Wildman–Crippen LogP) is 3.71. The summed E-state index contributed by atoms with van der Waals surface area (Å²) in [6.45, 7) is 2.08. The molecule has 0 amide bonds. The Morgan fingerprint density at radius 3 is 2.68 bits per heavy atom. The second-order valence-electron chi connectivity index (χ2n) is 7.82. The maximum atomic E-state index is 12.7. The summed E-state index contributed by atoms with van der Waals surface area (Å²) in [5.74, 6) is 0.342. The number of Topliss-reactive ketones (excluding diaryl/α,β-unsaturated/α-hetero) is 1. The first-order valence-corrected chi connectivity index (χ1v) is 12.3. The summed E-state index contributed by atoms with van der Waals surface area (Å²) in [5.41, 5.74) is 2.35. The maximum Gasteiger partial charge on any atom is 0.246 e. The van der Waals surface area contributed by atoms with Crippen LogP contribution in [0.3, 0.4) is 0 Å². The molecule has 0 fully saturated rings. The number of halogens is 1. The van der Waals surface area contributed by atoms with Crippen LogP contribution in [0.15, 0.2) is 41.3 Å². The van der Waals surface area contributed by atoms with Crippen LogP contribution in [0.5, 0.6) is 5.75 Å².